The molecule has 0 aromatic heterocycles. The third-order valence-electron chi connectivity index (χ3n) is 4.37. The van der Waals surface area contributed by atoms with E-state index in [9.17, 15) is 0 Å². The van der Waals surface area contributed by atoms with Gasteiger partial charge in [0.05, 0.1) is 0 Å². The van der Waals surface area contributed by atoms with Crippen LogP contribution in [0.1, 0.15) is 36.0 Å². The minimum Gasteiger partial charge on any atom is -0.371 e. The minimum absolute atomic E-state index is 1.17. The average molecular weight is 260 g/mol. The third-order valence-corrected chi connectivity index (χ3v) is 4.37. The van der Waals surface area contributed by atoms with E-state index in [-0.39, 0.29) is 0 Å². The Morgan fingerprint density at radius 2 is 1.74 bits per heavy atom. The molecular formula is C17H28N2. The molecule has 2 rings (SSSR count). The van der Waals surface area contributed by atoms with Crippen molar-refractivity contribution in [3.8, 4) is 0 Å². The first kappa shape index (κ1) is 14.4. The van der Waals surface area contributed by atoms with Gasteiger partial charge in [-0.2, -0.15) is 0 Å². The van der Waals surface area contributed by atoms with E-state index in [4.69, 9.17) is 0 Å². The molecule has 2 heteroatoms. The van der Waals surface area contributed by atoms with Gasteiger partial charge in [-0.05, 0) is 82.9 Å². The van der Waals surface area contributed by atoms with Crippen LogP contribution in [-0.2, 0) is 6.42 Å². The van der Waals surface area contributed by atoms with Crippen LogP contribution in [0.25, 0.3) is 0 Å². The summed E-state index contributed by atoms with van der Waals surface area (Å²) in [4.78, 5) is 4.81. The topological polar surface area (TPSA) is 6.48 Å². The molecule has 1 fully saturated rings. The first-order chi connectivity index (χ1) is 9.09. The van der Waals surface area contributed by atoms with Crippen LogP contribution in [0.2, 0.25) is 0 Å². The zero-order valence-corrected chi connectivity index (χ0v) is 13.0. The van der Waals surface area contributed by atoms with E-state index in [1.165, 1.54) is 67.7 Å². The van der Waals surface area contributed by atoms with Crippen LogP contribution in [0.15, 0.2) is 12.1 Å². The van der Waals surface area contributed by atoms with Gasteiger partial charge in [-0.15, -0.1) is 0 Å². The summed E-state index contributed by atoms with van der Waals surface area (Å²) in [6.45, 7) is 8.23. The van der Waals surface area contributed by atoms with Crippen LogP contribution in [0.3, 0.4) is 0 Å². The monoisotopic (exact) mass is 260 g/mol. The van der Waals surface area contributed by atoms with Gasteiger partial charge < -0.3 is 9.80 Å². The van der Waals surface area contributed by atoms with Crippen molar-refractivity contribution in [2.75, 3.05) is 38.6 Å². The molecule has 1 aliphatic heterocycles. The molecule has 1 aromatic rings. The van der Waals surface area contributed by atoms with Gasteiger partial charge in [0.1, 0.15) is 0 Å². The van der Waals surface area contributed by atoms with E-state index < -0.39 is 0 Å². The fourth-order valence-corrected chi connectivity index (χ4v) is 3.02. The Hall–Kier alpha value is -1.02. The van der Waals surface area contributed by atoms with Crippen molar-refractivity contribution < 1.29 is 0 Å². The van der Waals surface area contributed by atoms with Crippen molar-refractivity contribution in [3.05, 3.63) is 28.8 Å². The highest BCUT2D eigenvalue weighted by molar-refractivity contribution is 5.58. The molecule has 0 atom stereocenters. The Labute approximate surface area is 118 Å². The Bertz CT molecular complexity index is 418. The lowest BCUT2D eigenvalue weighted by Gasteiger charge is -2.23. The summed E-state index contributed by atoms with van der Waals surface area (Å²) in [5, 5.41) is 0. The molecule has 0 spiro atoms. The maximum absolute atomic E-state index is 2.55. The zero-order valence-electron chi connectivity index (χ0n) is 13.0. The van der Waals surface area contributed by atoms with E-state index in [1.807, 2.05) is 0 Å². The van der Waals surface area contributed by atoms with Crippen LogP contribution in [-0.4, -0.2) is 38.6 Å². The summed E-state index contributed by atoms with van der Waals surface area (Å²) < 4.78 is 0. The number of nitrogens with zero attached hydrogens (tertiary/aromatic N) is 2. The Balaban J connectivity index is 2.08. The van der Waals surface area contributed by atoms with Crippen molar-refractivity contribution in [2.24, 2.45) is 0 Å². The van der Waals surface area contributed by atoms with Crippen molar-refractivity contribution in [1.29, 1.82) is 0 Å². The molecule has 1 aromatic carbocycles. The van der Waals surface area contributed by atoms with Gasteiger partial charge in [0, 0.05) is 18.8 Å². The predicted octanol–water partition coefficient (Wildman–Crippen LogP) is 3.40. The SMILES string of the molecule is Cc1c(CCCN(C)C)ccc(N2CCCC2)c1C. The van der Waals surface area contributed by atoms with E-state index in [0.29, 0.717) is 0 Å². The fraction of sp³-hybridized carbons (Fsp3) is 0.647. The number of hydrogen-bond acceptors (Lipinski definition) is 2. The largest absolute Gasteiger partial charge is 0.371 e. The summed E-state index contributed by atoms with van der Waals surface area (Å²) in [6, 6.07) is 4.70. The summed E-state index contributed by atoms with van der Waals surface area (Å²) in [7, 11) is 4.29. The van der Waals surface area contributed by atoms with Gasteiger partial charge in [-0.3, -0.25) is 0 Å². The van der Waals surface area contributed by atoms with Crippen LogP contribution in [0.5, 0.6) is 0 Å². The van der Waals surface area contributed by atoms with Crippen molar-refractivity contribution in [2.45, 2.75) is 39.5 Å². The zero-order chi connectivity index (χ0) is 13.8. The van der Waals surface area contributed by atoms with E-state index in [1.54, 1.807) is 0 Å². The summed E-state index contributed by atoms with van der Waals surface area (Å²) in [6.07, 6.45) is 5.15. The first-order valence-electron chi connectivity index (χ1n) is 7.58. The Morgan fingerprint density at radius 3 is 2.37 bits per heavy atom. The number of anilines is 1. The average Bonchev–Trinajstić information content (AvgIpc) is 2.88. The number of rotatable bonds is 5. The highest BCUT2D eigenvalue weighted by Gasteiger charge is 2.16. The molecule has 0 saturated carbocycles. The summed E-state index contributed by atoms with van der Waals surface area (Å²) in [5.41, 5.74) is 5.99. The highest BCUT2D eigenvalue weighted by Crippen LogP contribution is 2.28. The normalized spacial score (nSPS) is 15.5. The first-order valence-corrected chi connectivity index (χ1v) is 7.58. The lowest BCUT2D eigenvalue weighted by molar-refractivity contribution is 0.400. The van der Waals surface area contributed by atoms with Crippen molar-refractivity contribution in [1.82, 2.24) is 4.90 Å². The van der Waals surface area contributed by atoms with Gasteiger partial charge in [0.15, 0.2) is 0 Å². The predicted molar refractivity (Wildman–Crippen MR) is 84.2 cm³/mol. The van der Waals surface area contributed by atoms with Gasteiger partial charge in [0.2, 0.25) is 0 Å². The number of hydrogen-bond donors (Lipinski definition) is 0. The Morgan fingerprint density at radius 1 is 1.05 bits per heavy atom. The van der Waals surface area contributed by atoms with Crippen molar-refractivity contribution in [3.63, 3.8) is 0 Å². The lowest BCUT2D eigenvalue weighted by atomic mass is 9.97. The molecule has 1 aliphatic rings. The van der Waals surface area contributed by atoms with E-state index >= 15 is 0 Å². The molecule has 0 radical (unpaired) electrons. The minimum atomic E-state index is 1.17. The molecule has 106 valence electrons. The molecule has 19 heavy (non-hydrogen) atoms. The summed E-state index contributed by atoms with van der Waals surface area (Å²) in [5.74, 6) is 0. The fourth-order valence-electron chi connectivity index (χ4n) is 3.02. The molecule has 2 nitrogen and oxygen atoms in total. The highest BCUT2D eigenvalue weighted by atomic mass is 15.1. The standard InChI is InChI=1S/C17H28N2/c1-14-15(2)17(19-12-5-6-13-19)10-9-16(14)8-7-11-18(3)4/h9-10H,5-8,11-13H2,1-4H3. The quantitative estimate of drug-likeness (QED) is 0.800. The number of aryl methyl sites for hydroxylation is 1. The second-order valence-corrected chi connectivity index (χ2v) is 6.09. The van der Waals surface area contributed by atoms with Crippen molar-refractivity contribution >= 4 is 5.69 Å². The molecule has 1 saturated heterocycles. The van der Waals surface area contributed by atoms with Gasteiger partial charge in [-0.1, -0.05) is 6.07 Å². The molecule has 1 heterocycles. The molecule has 0 bridgehead atoms. The van der Waals surface area contributed by atoms with Gasteiger partial charge in [0.25, 0.3) is 0 Å². The Kier molecular flexibility index (Phi) is 4.87. The molecule has 0 amide bonds. The molecule has 0 N–H and O–H groups in total. The van der Waals surface area contributed by atoms with E-state index in [2.05, 4.69) is 49.9 Å². The summed E-state index contributed by atoms with van der Waals surface area (Å²) >= 11 is 0. The van der Waals surface area contributed by atoms with Gasteiger partial charge in [-0.25, -0.2) is 0 Å². The molecule has 0 unspecified atom stereocenters. The maximum atomic E-state index is 2.55. The van der Waals surface area contributed by atoms with Crippen LogP contribution in [0.4, 0.5) is 5.69 Å². The third kappa shape index (κ3) is 3.50. The van der Waals surface area contributed by atoms with Gasteiger partial charge >= 0.3 is 0 Å². The smallest absolute Gasteiger partial charge is 0.0398 e. The molecular weight excluding hydrogens is 232 g/mol. The second-order valence-electron chi connectivity index (χ2n) is 6.09. The second kappa shape index (κ2) is 6.42. The van der Waals surface area contributed by atoms with Crippen LogP contribution in [0, 0.1) is 13.8 Å². The van der Waals surface area contributed by atoms with E-state index in [0.717, 1.165) is 0 Å². The number of benzene rings is 1. The lowest BCUT2D eigenvalue weighted by Crippen LogP contribution is -2.19. The van der Waals surface area contributed by atoms with Crippen LogP contribution >= 0.6 is 0 Å². The maximum Gasteiger partial charge on any atom is 0.0398 e. The van der Waals surface area contributed by atoms with Crippen LogP contribution < -0.4 is 4.90 Å². The molecule has 0 aliphatic carbocycles.